The minimum Gasteiger partial charge on any atom is -0.484 e. The van der Waals surface area contributed by atoms with Gasteiger partial charge in [-0.15, -0.1) is 12.4 Å². The lowest BCUT2D eigenvalue weighted by molar-refractivity contribution is -0.140. The molecular formula is C20H30ClN3O3. The van der Waals surface area contributed by atoms with Crippen LogP contribution in [0.4, 0.5) is 0 Å². The number of hydrogen-bond acceptors (Lipinski definition) is 4. The first kappa shape index (κ1) is 21.5. The highest BCUT2D eigenvalue weighted by Crippen LogP contribution is 2.16. The summed E-state index contributed by atoms with van der Waals surface area (Å²) in [5.41, 5.74) is 1.16. The molecule has 0 radical (unpaired) electrons. The molecule has 1 aromatic carbocycles. The topological polar surface area (TPSA) is 61.9 Å². The average molecular weight is 396 g/mol. The van der Waals surface area contributed by atoms with Crippen molar-refractivity contribution in [2.75, 3.05) is 45.9 Å². The summed E-state index contributed by atoms with van der Waals surface area (Å²) in [6.45, 7) is 6.60. The van der Waals surface area contributed by atoms with Crippen molar-refractivity contribution < 1.29 is 14.3 Å². The molecule has 150 valence electrons. The molecule has 2 fully saturated rings. The smallest absolute Gasteiger partial charge is 0.260 e. The van der Waals surface area contributed by atoms with Crippen LogP contribution >= 0.6 is 12.4 Å². The summed E-state index contributed by atoms with van der Waals surface area (Å²) >= 11 is 0. The number of hydrogen-bond donors (Lipinski definition) is 1. The molecule has 7 heteroatoms. The number of aryl methyl sites for hydroxylation is 1. The molecule has 2 aliphatic rings. The van der Waals surface area contributed by atoms with Crippen molar-refractivity contribution in [1.29, 1.82) is 0 Å². The number of ether oxygens (including phenoxy) is 1. The summed E-state index contributed by atoms with van der Waals surface area (Å²) in [5.74, 6) is 1.55. The van der Waals surface area contributed by atoms with Crippen molar-refractivity contribution in [2.45, 2.75) is 26.2 Å². The van der Waals surface area contributed by atoms with E-state index in [9.17, 15) is 9.59 Å². The van der Waals surface area contributed by atoms with Crippen LogP contribution in [0, 0.1) is 12.8 Å². The first-order valence-corrected chi connectivity index (χ1v) is 9.57. The molecule has 2 heterocycles. The molecule has 1 N–H and O–H groups in total. The van der Waals surface area contributed by atoms with Crippen molar-refractivity contribution >= 4 is 24.2 Å². The van der Waals surface area contributed by atoms with Gasteiger partial charge in [0.15, 0.2) is 6.61 Å². The minimum atomic E-state index is -0.0188. The molecule has 1 atom stereocenters. The molecule has 27 heavy (non-hydrogen) atoms. The van der Waals surface area contributed by atoms with Gasteiger partial charge in [-0.2, -0.15) is 0 Å². The van der Waals surface area contributed by atoms with Crippen molar-refractivity contribution in [3.8, 4) is 5.75 Å². The van der Waals surface area contributed by atoms with E-state index in [1.54, 1.807) is 4.90 Å². The molecule has 6 nitrogen and oxygen atoms in total. The Morgan fingerprint density at radius 3 is 2.30 bits per heavy atom. The number of piperazine rings is 1. The number of halogens is 1. The van der Waals surface area contributed by atoms with Gasteiger partial charge in [-0.25, -0.2) is 0 Å². The van der Waals surface area contributed by atoms with Crippen LogP contribution < -0.4 is 10.1 Å². The Morgan fingerprint density at radius 2 is 1.70 bits per heavy atom. The Balaban J connectivity index is 0.00000261. The Hall–Kier alpha value is -1.79. The van der Waals surface area contributed by atoms with Gasteiger partial charge in [0.25, 0.3) is 5.91 Å². The maximum absolute atomic E-state index is 12.3. The van der Waals surface area contributed by atoms with Crippen molar-refractivity contribution in [1.82, 2.24) is 15.1 Å². The summed E-state index contributed by atoms with van der Waals surface area (Å²) in [6.07, 6.45) is 2.77. The number of benzene rings is 1. The molecule has 0 bridgehead atoms. The van der Waals surface area contributed by atoms with Crippen LogP contribution in [-0.2, 0) is 9.59 Å². The van der Waals surface area contributed by atoms with E-state index in [2.05, 4.69) is 5.32 Å². The van der Waals surface area contributed by atoms with Crippen LogP contribution in [0.15, 0.2) is 24.3 Å². The Bertz CT molecular complexity index is 609. The Kier molecular flexibility index (Phi) is 8.38. The van der Waals surface area contributed by atoms with Crippen LogP contribution in [0.3, 0.4) is 0 Å². The zero-order valence-corrected chi connectivity index (χ0v) is 16.8. The standard InChI is InChI=1S/C20H29N3O3.ClH/c1-16-2-5-18(6-3-16)26-15-20(25)23-12-10-22(11-13-23)19(24)7-4-17-8-9-21-14-17;/h2-3,5-6,17,21H,4,7-15H2,1H3;1H. The second kappa shape index (κ2) is 10.5. The van der Waals surface area contributed by atoms with Crippen molar-refractivity contribution in [3.05, 3.63) is 29.8 Å². The van der Waals surface area contributed by atoms with Crippen molar-refractivity contribution in [2.24, 2.45) is 5.92 Å². The zero-order valence-electron chi connectivity index (χ0n) is 16.0. The fourth-order valence-corrected chi connectivity index (χ4v) is 3.52. The maximum Gasteiger partial charge on any atom is 0.260 e. The number of carbonyl (C=O) groups excluding carboxylic acids is 2. The minimum absolute atomic E-state index is 0. The summed E-state index contributed by atoms with van der Waals surface area (Å²) in [6, 6.07) is 7.68. The van der Waals surface area contributed by atoms with E-state index in [1.165, 1.54) is 6.42 Å². The highest BCUT2D eigenvalue weighted by atomic mass is 35.5. The van der Waals surface area contributed by atoms with Gasteiger partial charge in [0.2, 0.25) is 5.91 Å². The summed E-state index contributed by atoms with van der Waals surface area (Å²) in [5, 5.41) is 3.34. The van der Waals surface area contributed by atoms with Crippen LogP contribution in [0.1, 0.15) is 24.8 Å². The fraction of sp³-hybridized carbons (Fsp3) is 0.600. The molecule has 0 aromatic heterocycles. The summed E-state index contributed by atoms with van der Waals surface area (Å²) in [7, 11) is 0. The first-order valence-electron chi connectivity index (χ1n) is 9.57. The first-order chi connectivity index (χ1) is 12.6. The van der Waals surface area contributed by atoms with E-state index in [1.807, 2.05) is 36.1 Å². The van der Waals surface area contributed by atoms with Gasteiger partial charge in [-0.05, 0) is 50.9 Å². The van der Waals surface area contributed by atoms with E-state index in [-0.39, 0.29) is 30.8 Å². The van der Waals surface area contributed by atoms with Gasteiger partial charge in [-0.3, -0.25) is 9.59 Å². The lowest BCUT2D eigenvalue weighted by Gasteiger charge is -2.35. The van der Waals surface area contributed by atoms with Crippen LogP contribution in [0.2, 0.25) is 0 Å². The SMILES string of the molecule is Cc1ccc(OCC(=O)N2CCN(C(=O)CCC3CCNC3)CC2)cc1.Cl. The molecule has 0 spiro atoms. The third-order valence-electron chi connectivity index (χ3n) is 5.30. The van der Waals surface area contributed by atoms with E-state index in [4.69, 9.17) is 4.74 Å². The van der Waals surface area contributed by atoms with E-state index < -0.39 is 0 Å². The van der Waals surface area contributed by atoms with Gasteiger partial charge in [0.1, 0.15) is 5.75 Å². The molecule has 0 saturated carbocycles. The van der Waals surface area contributed by atoms with Gasteiger partial charge in [0.05, 0.1) is 0 Å². The van der Waals surface area contributed by atoms with Crippen molar-refractivity contribution in [3.63, 3.8) is 0 Å². The third-order valence-corrected chi connectivity index (χ3v) is 5.30. The van der Waals surface area contributed by atoms with Gasteiger partial charge in [-0.1, -0.05) is 17.7 Å². The number of rotatable bonds is 6. The lowest BCUT2D eigenvalue weighted by atomic mass is 10.0. The predicted octanol–water partition coefficient (Wildman–Crippen LogP) is 1.86. The van der Waals surface area contributed by atoms with Gasteiger partial charge >= 0.3 is 0 Å². The van der Waals surface area contributed by atoms with Crippen LogP contribution in [0.5, 0.6) is 5.75 Å². The molecule has 1 aromatic rings. The summed E-state index contributed by atoms with van der Waals surface area (Å²) in [4.78, 5) is 28.3. The fourth-order valence-electron chi connectivity index (χ4n) is 3.52. The second-order valence-corrected chi connectivity index (χ2v) is 7.26. The average Bonchev–Trinajstić information content (AvgIpc) is 3.19. The van der Waals surface area contributed by atoms with E-state index in [0.717, 1.165) is 25.1 Å². The largest absolute Gasteiger partial charge is 0.484 e. The normalized spacial score (nSPS) is 19.5. The Labute approximate surface area is 167 Å². The molecular weight excluding hydrogens is 366 g/mol. The molecule has 1 unspecified atom stereocenters. The molecule has 2 amide bonds. The van der Waals surface area contributed by atoms with E-state index >= 15 is 0 Å². The maximum atomic E-state index is 12.3. The monoisotopic (exact) mass is 395 g/mol. The van der Waals surface area contributed by atoms with Crippen LogP contribution in [-0.4, -0.2) is 67.5 Å². The molecule has 0 aliphatic carbocycles. The van der Waals surface area contributed by atoms with E-state index in [0.29, 0.717) is 44.3 Å². The highest BCUT2D eigenvalue weighted by molar-refractivity contribution is 5.85. The number of amides is 2. The highest BCUT2D eigenvalue weighted by Gasteiger charge is 2.25. The van der Waals surface area contributed by atoms with Crippen LogP contribution in [0.25, 0.3) is 0 Å². The number of nitrogens with one attached hydrogen (secondary N) is 1. The molecule has 2 aliphatic heterocycles. The second-order valence-electron chi connectivity index (χ2n) is 7.26. The Morgan fingerprint density at radius 1 is 1.07 bits per heavy atom. The number of carbonyl (C=O) groups is 2. The predicted molar refractivity (Wildman–Crippen MR) is 107 cm³/mol. The zero-order chi connectivity index (χ0) is 18.4. The molecule has 3 rings (SSSR count). The molecule has 2 saturated heterocycles. The third kappa shape index (κ3) is 6.40. The summed E-state index contributed by atoms with van der Waals surface area (Å²) < 4.78 is 5.57. The van der Waals surface area contributed by atoms with Gasteiger partial charge < -0.3 is 19.9 Å². The van der Waals surface area contributed by atoms with Gasteiger partial charge in [0, 0.05) is 32.6 Å². The lowest BCUT2D eigenvalue weighted by Crippen LogP contribution is -2.51. The quantitative estimate of drug-likeness (QED) is 0.798. The number of nitrogens with zero attached hydrogens (tertiary/aromatic N) is 2.